The third kappa shape index (κ3) is 3.05. The number of fused-ring (bicyclic) bond motifs is 1. The van der Waals surface area contributed by atoms with Gasteiger partial charge in [-0.05, 0) is 30.2 Å². The predicted molar refractivity (Wildman–Crippen MR) is 67.0 cm³/mol. The number of methoxy groups -OCH3 is 1. The van der Waals surface area contributed by atoms with Gasteiger partial charge in [0.25, 0.3) is 0 Å². The number of rotatable bonds is 4. The minimum absolute atomic E-state index is 0.00539. The summed E-state index contributed by atoms with van der Waals surface area (Å²) < 4.78 is 4.89. The van der Waals surface area contributed by atoms with Crippen molar-refractivity contribution in [1.29, 1.82) is 0 Å². The first-order valence-electron chi connectivity index (χ1n) is 5.91. The summed E-state index contributed by atoms with van der Waals surface area (Å²) in [6, 6.07) is 6.08. The van der Waals surface area contributed by atoms with Gasteiger partial charge >= 0.3 is 0 Å². The third-order valence-corrected chi connectivity index (χ3v) is 2.95. The lowest BCUT2D eigenvalue weighted by Crippen LogP contribution is -2.25. The molecule has 0 spiro atoms. The molecule has 0 unspecified atom stereocenters. The summed E-state index contributed by atoms with van der Waals surface area (Å²) in [7, 11) is 1.60. The monoisotopic (exact) mass is 234 g/mol. The average Bonchev–Trinajstić information content (AvgIpc) is 2.37. The largest absolute Gasteiger partial charge is 0.384 e. The van der Waals surface area contributed by atoms with Crippen LogP contribution in [0.1, 0.15) is 17.5 Å². The Hall–Kier alpha value is -1.39. The van der Waals surface area contributed by atoms with E-state index in [0.29, 0.717) is 13.0 Å². The molecule has 1 heterocycles. The SMILES string of the molecule is COCCC(=O)Nc1cccc2c1CNCC2. The van der Waals surface area contributed by atoms with E-state index in [1.807, 2.05) is 12.1 Å². The van der Waals surface area contributed by atoms with Crippen LogP contribution in [0.4, 0.5) is 5.69 Å². The van der Waals surface area contributed by atoms with Gasteiger partial charge in [0, 0.05) is 19.3 Å². The Labute approximate surface area is 101 Å². The first kappa shape index (κ1) is 12.1. The van der Waals surface area contributed by atoms with Crippen molar-refractivity contribution in [2.24, 2.45) is 0 Å². The zero-order valence-corrected chi connectivity index (χ0v) is 10.1. The van der Waals surface area contributed by atoms with Gasteiger partial charge in [-0.3, -0.25) is 4.79 Å². The average molecular weight is 234 g/mol. The van der Waals surface area contributed by atoms with Crippen molar-refractivity contribution >= 4 is 11.6 Å². The molecule has 92 valence electrons. The van der Waals surface area contributed by atoms with Crippen molar-refractivity contribution in [3.05, 3.63) is 29.3 Å². The highest BCUT2D eigenvalue weighted by Crippen LogP contribution is 2.22. The van der Waals surface area contributed by atoms with Gasteiger partial charge in [-0.15, -0.1) is 0 Å². The maximum atomic E-state index is 11.6. The van der Waals surface area contributed by atoms with E-state index in [0.717, 1.165) is 25.2 Å². The number of carbonyl (C=O) groups excluding carboxylic acids is 1. The van der Waals surface area contributed by atoms with Crippen LogP contribution >= 0.6 is 0 Å². The molecule has 17 heavy (non-hydrogen) atoms. The zero-order valence-electron chi connectivity index (χ0n) is 10.1. The van der Waals surface area contributed by atoms with Crippen LogP contribution in [0.25, 0.3) is 0 Å². The Morgan fingerprint density at radius 1 is 1.53 bits per heavy atom. The molecule has 1 aromatic carbocycles. The lowest BCUT2D eigenvalue weighted by molar-refractivity contribution is -0.117. The molecule has 0 saturated carbocycles. The van der Waals surface area contributed by atoms with Gasteiger partial charge in [-0.2, -0.15) is 0 Å². The molecule has 4 nitrogen and oxygen atoms in total. The van der Waals surface area contributed by atoms with Gasteiger partial charge in [0.2, 0.25) is 5.91 Å². The van der Waals surface area contributed by atoms with Gasteiger partial charge < -0.3 is 15.4 Å². The fourth-order valence-electron chi connectivity index (χ4n) is 2.04. The molecule has 1 amide bonds. The van der Waals surface area contributed by atoms with Crippen molar-refractivity contribution in [2.75, 3.05) is 25.6 Å². The molecule has 1 aliphatic heterocycles. The highest BCUT2D eigenvalue weighted by atomic mass is 16.5. The van der Waals surface area contributed by atoms with E-state index in [1.165, 1.54) is 11.1 Å². The summed E-state index contributed by atoms with van der Waals surface area (Å²) in [6.07, 6.45) is 1.42. The molecular weight excluding hydrogens is 216 g/mol. The molecule has 0 aliphatic carbocycles. The summed E-state index contributed by atoms with van der Waals surface area (Å²) in [5.41, 5.74) is 3.47. The van der Waals surface area contributed by atoms with Gasteiger partial charge in [0.1, 0.15) is 0 Å². The molecular formula is C13H18N2O2. The van der Waals surface area contributed by atoms with E-state index in [4.69, 9.17) is 4.74 Å². The number of nitrogens with one attached hydrogen (secondary N) is 2. The predicted octanol–water partition coefficient (Wildman–Crippen LogP) is 1.31. The summed E-state index contributed by atoms with van der Waals surface area (Å²) in [4.78, 5) is 11.6. The smallest absolute Gasteiger partial charge is 0.226 e. The summed E-state index contributed by atoms with van der Waals surface area (Å²) >= 11 is 0. The number of hydrogen-bond donors (Lipinski definition) is 2. The Bertz CT molecular complexity index is 404. The summed E-state index contributed by atoms with van der Waals surface area (Å²) in [5.74, 6) is 0.00539. The molecule has 0 atom stereocenters. The van der Waals surface area contributed by atoms with E-state index in [9.17, 15) is 4.79 Å². The summed E-state index contributed by atoms with van der Waals surface area (Å²) in [5, 5.41) is 6.27. The molecule has 2 rings (SSSR count). The lowest BCUT2D eigenvalue weighted by atomic mass is 9.99. The van der Waals surface area contributed by atoms with Gasteiger partial charge in [0.05, 0.1) is 13.0 Å². The van der Waals surface area contributed by atoms with E-state index >= 15 is 0 Å². The molecule has 0 saturated heterocycles. The van der Waals surface area contributed by atoms with Gasteiger partial charge in [0.15, 0.2) is 0 Å². The normalized spacial score (nSPS) is 14.2. The lowest BCUT2D eigenvalue weighted by Gasteiger charge is -2.20. The number of benzene rings is 1. The van der Waals surface area contributed by atoms with Crippen LogP contribution in [0.2, 0.25) is 0 Å². The van der Waals surface area contributed by atoms with Crippen molar-refractivity contribution in [1.82, 2.24) is 5.32 Å². The fraction of sp³-hybridized carbons (Fsp3) is 0.462. The number of hydrogen-bond acceptors (Lipinski definition) is 3. The van der Waals surface area contributed by atoms with Crippen LogP contribution in [0.5, 0.6) is 0 Å². The highest BCUT2D eigenvalue weighted by Gasteiger charge is 2.13. The second kappa shape index (κ2) is 5.80. The topological polar surface area (TPSA) is 50.4 Å². The number of ether oxygens (including phenoxy) is 1. The van der Waals surface area contributed by atoms with Crippen molar-refractivity contribution in [3.63, 3.8) is 0 Å². The fourth-order valence-corrected chi connectivity index (χ4v) is 2.04. The quantitative estimate of drug-likeness (QED) is 0.825. The van der Waals surface area contributed by atoms with Crippen molar-refractivity contribution in [3.8, 4) is 0 Å². The third-order valence-electron chi connectivity index (χ3n) is 2.95. The van der Waals surface area contributed by atoms with E-state index in [-0.39, 0.29) is 5.91 Å². The van der Waals surface area contributed by atoms with Crippen LogP contribution in [0.15, 0.2) is 18.2 Å². The molecule has 0 radical (unpaired) electrons. The molecule has 0 aromatic heterocycles. The zero-order chi connectivity index (χ0) is 12.1. The van der Waals surface area contributed by atoms with Crippen LogP contribution in [0.3, 0.4) is 0 Å². The number of anilines is 1. The molecule has 2 N–H and O–H groups in total. The Balaban J connectivity index is 2.08. The van der Waals surface area contributed by atoms with Crippen LogP contribution < -0.4 is 10.6 Å². The van der Waals surface area contributed by atoms with Gasteiger partial charge in [-0.25, -0.2) is 0 Å². The number of amides is 1. The highest BCUT2D eigenvalue weighted by molar-refractivity contribution is 5.91. The standard InChI is InChI=1S/C13H18N2O2/c1-17-8-6-13(16)15-12-4-2-3-10-5-7-14-9-11(10)12/h2-4,14H,5-9H2,1H3,(H,15,16). The molecule has 1 aliphatic rings. The Kier molecular flexibility index (Phi) is 4.12. The van der Waals surface area contributed by atoms with Gasteiger partial charge in [-0.1, -0.05) is 12.1 Å². The second-order valence-electron chi connectivity index (χ2n) is 4.16. The first-order valence-corrected chi connectivity index (χ1v) is 5.91. The minimum Gasteiger partial charge on any atom is -0.384 e. The van der Waals surface area contributed by atoms with E-state index in [2.05, 4.69) is 16.7 Å². The van der Waals surface area contributed by atoms with Crippen molar-refractivity contribution in [2.45, 2.75) is 19.4 Å². The number of carbonyl (C=O) groups is 1. The molecule has 0 fully saturated rings. The summed E-state index contributed by atoms with van der Waals surface area (Å²) in [6.45, 7) is 2.29. The van der Waals surface area contributed by atoms with Crippen LogP contribution in [0, 0.1) is 0 Å². The Morgan fingerprint density at radius 3 is 3.24 bits per heavy atom. The second-order valence-corrected chi connectivity index (χ2v) is 4.16. The van der Waals surface area contributed by atoms with Crippen molar-refractivity contribution < 1.29 is 9.53 Å². The maximum Gasteiger partial charge on any atom is 0.226 e. The minimum atomic E-state index is 0.00539. The first-order chi connectivity index (χ1) is 8.31. The maximum absolute atomic E-state index is 11.6. The van der Waals surface area contributed by atoms with Crippen LogP contribution in [-0.4, -0.2) is 26.2 Å². The van der Waals surface area contributed by atoms with Crippen LogP contribution in [-0.2, 0) is 22.5 Å². The molecule has 1 aromatic rings. The molecule has 0 bridgehead atoms. The van der Waals surface area contributed by atoms with E-state index in [1.54, 1.807) is 7.11 Å². The molecule has 4 heteroatoms. The Morgan fingerprint density at radius 2 is 2.41 bits per heavy atom. The van der Waals surface area contributed by atoms with E-state index < -0.39 is 0 Å².